The molecule has 0 aromatic heterocycles. The molecule has 0 atom stereocenters. The number of nitriles is 1. The van der Waals surface area contributed by atoms with Crippen LogP contribution in [0.4, 0.5) is 0 Å². The molecule has 0 fully saturated rings. The number of hydrogen-bond donors (Lipinski definition) is 1. The smallest absolute Gasteiger partial charge is 0.286 e. The van der Waals surface area contributed by atoms with Crippen molar-refractivity contribution in [3.05, 3.63) is 41.5 Å². The third kappa shape index (κ3) is 2.77. The maximum atomic E-state index is 8.38. The zero-order chi connectivity index (χ0) is 12.0. The highest BCUT2D eigenvalue weighted by Crippen LogP contribution is 2.19. The highest BCUT2D eigenvalue weighted by Gasteiger charge is 2.06. The molecule has 1 rings (SSSR count). The molecule has 0 bridgehead atoms. The molecular weight excluding hydrogens is 200 g/mol. The summed E-state index contributed by atoms with van der Waals surface area (Å²) in [6, 6.07) is 5.91. The molecule has 0 aliphatic carbocycles. The van der Waals surface area contributed by atoms with Crippen LogP contribution in [-0.2, 0) is 11.3 Å². The Labute approximate surface area is 96.4 Å². The van der Waals surface area contributed by atoms with Crippen molar-refractivity contribution in [2.75, 3.05) is 6.54 Å². The first-order valence-electron chi connectivity index (χ1n) is 5.23. The molecule has 0 aliphatic rings. The second-order valence-corrected chi connectivity index (χ2v) is 3.48. The molecule has 84 valence electrons. The zero-order valence-corrected chi connectivity index (χ0v) is 9.71. The van der Waals surface area contributed by atoms with Crippen molar-refractivity contribution in [1.82, 2.24) is 5.32 Å². The number of benzene rings is 1. The molecule has 0 saturated carbocycles. The Balaban J connectivity index is 2.95. The monoisotopic (exact) mass is 216 g/mol. The van der Waals surface area contributed by atoms with Gasteiger partial charge < -0.3 is 10.1 Å². The summed E-state index contributed by atoms with van der Waals surface area (Å²) >= 11 is 0. The van der Waals surface area contributed by atoms with E-state index < -0.39 is 0 Å². The summed E-state index contributed by atoms with van der Waals surface area (Å²) in [6.45, 7) is 9.18. The lowest BCUT2D eigenvalue weighted by molar-refractivity contribution is 0.257. The quantitative estimate of drug-likeness (QED) is 0.769. The van der Waals surface area contributed by atoms with E-state index in [-0.39, 0.29) is 0 Å². The molecule has 0 heterocycles. The van der Waals surface area contributed by atoms with Crippen LogP contribution in [-0.4, -0.2) is 6.54 Å². The standard InChI is InChI=1S/C13H16N2O/c1-4-15-11(3)13-7-5-6-12(10(13)2)8-16-9-14/h5-7,15H,3-4,8H2,1-2H3. The Kier molecular flexibility index (Phi) is 4.41. The van der Waals surface area contributed by atoms with E-state index in [0.29, 0.717) is 6.61 Å². The topological polar surface area (TPSA) is 45.0 Å². The van der Waals surface area contributed by atoms with Crippen LogP contribution in [0.25, 0.3) is 5.70 Å². The first-order chi connectivity index (χ1) is 7.70. The number of ether oxygens (including phenoxy) is 1. The summed E-state index contributed by atoms with van der Waals surface area (Å²) < 4.78 is 4.75. The van der Waals surface area contributed by atoms with Crippen molar-refractivity contribution in [1.29, 1.82) is 5.26 Å². The Morgan fingerprint density at radius 2 is 2.31 bits per heavy atom. The van der Waals surface area contributed by atoms with Crippen molar-refractivity contribution < 1.29 is 4.74 Å². The van der Waals surface area contributed by atoms with Crippen LogP contribution in [0.2, 0.25) is 0 Å². The SMILES string of the molecule is C=C(NCC)c1cccc(COC#N)c1C. The molecule has 0 radical (unpaired) electrons. The summed E-state index contributed by atoms with van der Waals surface area (Å²) in [5, 5.41) is 11.6. The van der Waals surface area contributed by atoms with Gasteiger partial charge in [-0.3, -0.25) is 0 Å². The van der Waals surface area contributed by atoms with E-state index in [2.05, 4.69) is 11.9 Å². The summed E-state index contributed by atoms with van der Waals surface area (Å²) in [4.78, 5) is 0. The average Bonchev–Trinajstić information content (AvgIpc) is 2.28. The molecule has 0 unspecified atom stereocenters. The lowest BCUT2D eigenvalue weighted by Gasteiger charge is -2.13. The molecule has 1 aromatic rings. The molecule has 1 N–H and O–H groups in total. The summed E-state index contributed by atoms with van der Waals surface area (Å²) in [5.41, 5.74) is 4.08. The lowest BCUT2D eigenvalue weighted by atomic mass is 10.0. The fourth-order valence-electron chi connectivity index (χ4n) is 1.59. The van der Waals surface area contributed by atoms with Gasteiger partial charge >= 0.3 is 0 Å². The molecule has 0 saturated heterocycles. The van der Waals surface area contributed by atoms with Gasteiger partial charge in [0.1, 0.15) is 6.61 Å². The zero-order valence-electron chi connectivity index (χ0n) is 9.71. The van der Waals surface area contributed by atoms with Crippen LogP contribution in [0.5, 0.6) is 0 Å². The highest BCUT2D eigenvalue weighted by molar-refractivity contribution is 5.65. The molecule has 3 heteroatoms. The van der Waals surface area contributed by atoms with E-state index in [4.69, 9.17) is 10.00 Å². The van der Waals surface area contributed by atoms with Gasteiger partial charge in [0.2, 0.25) is 0 Å². The van der Waals surface area contributed by atoms with Gasteiger partial charge in [0, 0.05) is 17.8 Å². The molecule has 0 aliphatic heterocycles. The van der Waals surface area contributed by atoms with Gasteiger partial charge in [0.05, 0.1) is 0 Å². The van der Waals surface area contributed by atoms with Crippen LogP contribution < -0.4 is 5.32 Å². The van der Waals surface area contributed by atoms with E-state index in [0.717, 1.165) is 28.9 Å². The number of nitrogens with zero attached hydrogens (tertiary/aromatic N) is 1. The Morgan fingerprint density at radius 1 is 1.56 bits per heavy atom. The Morgan fingerprint density at radius 3 is 2.94 bits per heavy atom. The van der Waals surface area contributed by atoms with Crippen LogP contribution in [0, 0.1) is 18.4 Å². The lowest BCUT2D eigenvalue weighted by Crippen LogP contribution is -2.11. The van der Waals surface area contributed by atoms with Gasteiger partial charge in [0.15, 0.2) is 0 Å². The van der Waals surface area contributed by atoms with Crippen LogP contribution in [0.15, 0.2) is 24.8 Å². The Hall–Kier alpha value is -1.95. The molecule has 1 aromatic carbocycles. The predicted molar refractivity (Wildman–Crippen MR) is 64.3 cm³/mol. The first-order valence-corrected chi connectivity index (χ1v) is 5.23. The van der Waals surface area contributed by atoms with Gasteiger partial charge in [-0.2, -0.15) is 5.26 Å². The molecular formula is C13H16N2O. The van der Waals surface area contributed by atoms with Crippen LogP contribution in [0.3, 0.4) is 0 Å². The van der Waals surface area contributed by atoms with E-state index in [1.165, 1.54) is 0 Å². The summed E-state index contributed by atoms with van der Waals surface area (Å²) in [6.07, 6.45) is 1.68. The Bertz CT molecular complexity index is 418. The fraction of sp³-hybridized carbons (Fsp3) is 0.308. The van der Waals surface area contributed by atoms with Crippen molar-refractivity contribution in [2.24, 2.45) is 0 Å². The second kappa shape index (κ2) is 5.82. The maximum absolute atomic E-state index is 8.38. The van der Waals surface area contributed by atoms with Gasteiger partial charge in [0.25, 0.3) is 6.26 Å². The summed E-state index contributed by atoms with van der Waals surface area (Å²) in [5.74, 6) is 0. The summed E-state index contributed by atoms with van der Waals surface area (Å²) in [7, 11) is 0. The second-order valence-electron chi connectivity index (χ2n) is 3.48. The minimum Gasteiger partial charge on any atom is -0.423 e. The largest absolute Gasteiger partial charge is 0.423 e. The van der Waals surface area contributed by atoms with Gasteiger partial charge in [-0.1, -0.05) is 24.8 Å². The highest BCUT2D eigenvalue weighted by atomic mass is 16.5. The van der Waals surface area contributed by atoms with Crippen molar-refractivity contribution in [3.8, 4) is 6.26 Å². The number of hydrogen-bond acceptors (Lipinski definition) is 3. The molecule has 16 heavy (non-hydrogen) atoms. The van der Waals surface area contributed by atoms with E-state index in [1.807, 2.05) is 32.0 Å². The van der Waals surface area contributed by atoms with Gasteiger partial charge in [-0.25, -0.2) is 0 Å². The predicted octanol–water partition coefficient (Wildman–Crippen LogP) is 2.57. The minimum absolute atomic E-state index is 0.315. The van der Waals surface area contributed by atoms with Crippen molar-refractivity contribution >= 4 is 5.70 Å². The van der Waals surface area contributed by atoms with E-state index in [9.17, 15) is 0 Å². The van der Waals surface area contributed by atoms with E-state index in [1.54, 1.807) is 6.26 Å². The normalized spacial score (nSPS) is 9.31. The van der Waals surface area contributed by atoms with Gasteiger partial charge in [-0.15, -0.1) is 0 Å². The van der Waals surface area contributed by atoms with Crippen molar-refractivity contribution in [3.63, 3.8) is 0 Å². The molecule has 3 nitrogen and oxygen atoms in total. The average molecular weight is 216 g/mol. The maximum Gasteiger partial charge on any atom is 0.286 e. The fourth-order valence-corrected chi connectivity index (χ4v) is 1.59. The molecule has 0 spiro atoms. The third-order valence-corrected chi connectivity index (χ3v) is 2.45. The van der Waals surface area contributed by atoms with Crippen LogP contribution in [0.1, 0.15) is 23.6 Å². The third-order valence-electron chi connectivity index (χ3n) is 2.45. The van der Waals surface area contributed by atoms with Crippen molar-refractivity contribution in [2.45, 2.75) is 20.5 Å². The molecule has 0 amide bonds. The number of rotatable bonds is 5. The number of nitrogens with one attached hydrogen (secondary N) is 1. The van der Waals surface area contributed by atoms with E-state index >= 15 is 0 Å². The van der Waals surface area contributed by atoms with Crippen LogP contribution >= 0.6 is 0 Å². The first kappa shape index (κ1) is 12.1. The van der Waals surface area contributed by atoms with Gasteiger partial charge in [-0.05, 0) is 25.0 Å². The minimum atomic E-state index is 0.315.